The highest BCUT2D eigenvalue weighted by Crippen LogP contribution is 2.16. The third-order valence-electron chi connectivity index (χ3n) is 3.68. The number of aromatic nitrogens is 3. The second kappa shape index (κ2) is 7.57. The van der Waals surface area contributed by atoms with Crippen LogP contribution in [0.3, 0.4) is 0 Å². The summed E-state index contributed by atoms with van der Waals surface area (Å²) in [5, 5.41) is 2.82. The third kappa shape index (κ3) is 3.82. The monoisotopic (exact) mass is 338 g/mol. The first-order chi connectivity index (χ1) is 12.2. The molecular weight excluding hydrogens is 320 g/mol. The summed E-state index contributed by atoms with van der Waals surface area (Å²) >= 11 is 0. The van der Waals surface area contributed by atoms with Gasteiger partial charge < -0.3 is 14.6 Å². The number of nitrogens with one attached hydrogen (secondary N) is 1. The van der Waals surface area contributed by atoms with E-state index in [2.05, 4.69) is 15.3 Å². The van der Waals surface area contributed by atoms with Crippen LogP contribution < -0.4 is 5.32 Å². The van der Waals surface area contributed by atoms with Crippen LogP contribution in [0, 0.1) is 0 Å². The van der Waals surface area contributed by atoms with Crippen molar-refractivity contribution < 1.29 is 14.3 Å². The normalized spacial score (nSPS) is 10.6. The number of fused-ring (bicyclic) bond motifs is 1. The summed E-state index contributed by atoms with van der Waals surface area (Å²) < 4.78 is 6.80. The number of rotatable bonds is 6. The Balaban J connectivity index is 1.82. The van der Waals surface area contributed by atoms with Gasteiger partial charge in [0.1, 0.15) is 12.4 Å². The minimum atomic E-state index is -0.340. The van der Waals surface area contributed by atoms with E-state index in [1.165, 1.54) is 0 Å². The Hall–Kier alpha value is -3.22. The number of para-hydroxylation sites is 2. The molecule has 7 heteroatoms. The average Bonchev–Trinajstić information content (AvgIpc) is 2.98. The van der Waals surface area contributed by atoms with Gasteiger partial charge in [0.15, 0.2) is 0 Å². The van der Waals surface area contributed by atoms with Crippen molar-refractivity contribution in [1.29, 1.82) is 0 Å². The fraction of sp³-hybridized carbons (Fsp3) is 0.222. The van der Waals surface area contributed by atoms with Crippen molar-refractivity contribution in [3.63, 3.8) is 0 Å². The molecule has 0 saturated heterocycles. The maximum atomic E-state index is 12.2. The van der Waals surface area contributed by atoms with Gasteiger partial charge in [-0.2, -0.15) is 0 Å². The fourth-order valence-corrected chi connectivity index (χ4v) is 2.54. The Kier molecular flexibility index (Phi) is 5.03. The fourth-order valence-electron chi connectivity index (χ4n) is 2.54. The molecule has 0 aliphatic rings. The zero-order valence-electron chi connectivity index (χ0n) is 13.8. The maximum Gasteiger partial charge on any atom is 0.326 e. The quantitative estimate of drug-likeness (QED) is 0.694. The van der Waals surface area contributed by atoms with Crippen LogP contribution in [0.1, 0.15) is 23.1 Å². The van der Waals surface area contributed by atoms with Gasteiger partial charge in [0, 0.05) is 18.0 Å². The van der Waals surface area contributed by atoms with Crippen LogP contribution >= 0.6 is 0 Å². The number of ether oxygens (including phenoxy) is 1. The van der Waals surface area contributed by atoms with E-state index in [1.54, 1.807) is 36.0 Å². The van der Waals surface area contributed by atoms with Crippen molar-refractivity contribution in [3.8, 4) is 0 Å². The van der Waals surface area contributed by atoms with Crippen LogP contribution in [0.15, 0.2) is 48.8 Å². The lowest BCUT2D eigenvalue weighted by molar-refractivity contribution is -0.143. The largest absolute Gasteiger partial charge is 0.465 e. The second-order valence-electron chi connectivity index (χ2n) is 5.33. The summed E-state index contributed by atoms with van der Waals surface area (Å²) in [6.07, 6.45) is 3.12. The molecule has 0 aliphatic heterocycles. The van der Waals surface area contributed by atoms with Gasteiger partial charge in [-0.15, -0.1) is 0 Å². The third-order valence-corrected chi connectivity index (χ3v) is 3.68. The number of amides is 1. The highest BCUT2D eigenvalue weighted by molar-refractivity contribution is 5.93. The number of carbonyl (C=O) groups excluding carboxylic acids is 2. The lowest BCUT2D eigenvalue weighted by atomic mass is 10.2. The zero-order valence-corrected chi connectivity index (χ0v) is 13.8. The molecular formula is C18H18N4O3. The molecule has 0 atom stereocenters. The van der Waals surface area contributed by atoms with E-state index in [0.717, 1.165) is 11.0 Å². The van der Waals surface area contributed by atoms with E-state index in [1.807, 2.05) is 24.3 Å². The molecule has 0 bridgehead atoms. The van der Waals surface area contributed by atoms with Gasteiger partial charge in [0.25, 0.3) is 5.91 Å². The van der Waals surface area contributed by atoms with Crippen LogP contribution in [-0.4, -0.2) is 33.0 Å². The molecule has 3 rings (SSSR count). The minimum absolute atomic E-state index is 0.0504. The predicted octanol–water partition coefficient (Wildman–Crippen LogP) is 1.92. The summed E-state index contributed by atoms with van der Waals surface area (Å²) in [5.74, 6) is 0.0289. The molecule has 7 nitrogen and oxygen atoms in total. The van der Waals surface area contributed by atoms with E-state index >= 15 is 0 Å². The molecule has 0 unspecified atom stereocenters. The van der Waals surface area contributed by atoms with Gasteiger partial charge >= 0.3 is 5.97 Å². The molecule has 25 heavy (non-hydrogen) atoms. The summed E-state index contributed by atoms with van der Waals surface area (Å²) in [5.41, 5.74) is 2.10. The summed E-state index contributed by atoms with van der Waals surface area (Å²) in [6, 6.07) is 10.8. The Labute approximate surface area is 144 Å². The van der Waals surface area contributed by atoms with Gasteiger partial charge in [-0.1, -0.05) is 12.1 Å². The van der Waals surface area contributed by atoms with E-state index in [4.69, 9.17) is 4.74 Å². The molecule has 1 N–H and O–H groups in total. The zero-order chi connectivity index (χ0) is 17.6. The molecule has 1 aromatic carbocycles. The molecule has 2 heterocycles. The van der Waals surface area contributed by atoms with Crippen molar-refractivity contribution >= 4 is 22.9 Å². The highest BCUT2D eigenvalue weighted by atomic mass is 16.5. The predicted molar refractivity (Wildman–Crippen MR) is 91.8 cm³/mol. The van der Waals surface area contributed by atoms with Crippen LogP contribution in [0.2, 0.25) is 0 Å². The van der Waals surface area contributed by atoms with Crippen LogP contribution in [0.5, 0.6) is 0 Å². The van der Waals surface area contributed by atoms with Gasteiger partial charge in [0.2, 0.25) is 0 Å². The van der Waals surface area contributed by atoms with E-state index in [9.17, 15) is 9.59 Å². The molecule has 0 radical (unpaired) electrons. The summed E-state index contributed by atoms with van der Waals surface area (Å²) in [6.45, 7) is 2.34. The summed E-state index contributed by atoms with van der Waals surface area (Å²) in [7, 11) is 0. The standard InChI is InChI=1S/C18H18N4O3/c1-2-25-17(23)12-22-15-6-4-3-5-14(15)21-16(22)11-20-18(24)13-7-9-19-10-8-13/h3-10H,2,11-12H2,1H3,(H,20,24). The van der Waals surface area contributed by atoms with E-state index < -0.39 is 0 Å². The number of pyridine rings is 1. The van der Waals surface area contributed by atoms with Gasteiger partial charge in [-0.25, -0.2) is 4.98 Å². The van der Waals surface area contributed by atoms with Crippen LogP contribution in [-0.2, 0) is 22.6 Å². The van der Waals surface area contributed by atoms with Crippen molar-refractivity contribution in [2.24, 2.45) is 0 Å². The Morgan fingerprint density at radius 2 is 1.92 bits per heavy atom. The topological polar surface area (TPSA) is 86.1 Å². The van der Waals surface area contributed by atoms with Crippen molar-refractivity contribution in [2.45, 2.75) is 20.0 Å². The van der Waals surface area contributed by atoms with Gasteiger partial charge in [0.05, 0.1) is 24.2 Å². The SMILES string of the molecule is CCOC(=O)Cn1c(CNC(=O)c2ccncc2)nc2ccccc21. The molecule has 3 aromatic rings. The number of esters is 1. The lowest BCUT2D eigenvalue weighted by Crippen LogP contribution is -2.25. The van der Waals surface area contributed by atoms with Gasteiger partial charge in [-0.05, 0) is 31.2 Å². The number of benzene rings is 1. The molecule has 0 spiro atoms. The molecule has 0 saturated carbocycles. The highest BCUT2D eigenvalue weighted by Gasteiger charge is 2.15. The van der Waals surface area contributed by atoms with E-state index in [0.29, 0.717) is 18.0 Å². The lowest BCUT2D eigenvalue weighted by Gasteiger charge is -2.09. The minimum Gasteiger partial charge on any atom is -0.465 e. The number of hydrogen-bond acceptors (Lipinski definition) is 5. The molecule has 128 valence electrons. The van der Waals surface area contributed by atoms with Crippen LogP contribution in [0.25, 0.3) is 11.0 Å². The first kappa shape index (κ1) is 16.6. The number of imidazole rings is 1. The molecule has 1 amide bonds. The smallest absolute Gasteiger partial charge is 0.326 e. The summed E-state index contributed by atoms with van der Waals surface area (Å²) in [4.78, 5) is 32.5. The van der Waals surface area contributed by atoms with Crippen molar-refractivity contribution in [3.05, 3.63) is 60.2 Å². The Morgan fingerprint density at radius 1 is 1.16 bits per heavy atom. The van der Waals surface area contributed by atoms with Crippen molar-refractivity contribution in [2.75, 3.05) is 6.61 Å². The second-order valence-corrected chi connectivity index (χ2v) is 5.33. The maximum absolute atomic E-state index is 12.2. The Bertz CT molecular complexity index is 890. The van der Waals surface area contributed by atoms with Crippen LogP contribution in [0.4, 0.5) is 0 Å². The van der Waals surface area contributed by atoms with Gasteiger partial charge in [-0.3, -0.25) is 14.6 Å². The molecule has 0 aliphatic carbocycles. The number of nitrogens with zero attached hydrogens (tertiary/aromatic N) is 3. The molecule has 0 fully saturated rings. The first-order valence-electron chi connectivity index (χ1n) is 7.97. The number of carbonyl (C=O) groups is 2. The Morgan fingerprint density at radius 3 is 2.68 bits per heavy atom. The number of hydrogen-bond donors (Lipinski definition) is 1. The van der Waals surface area contributed by atoms with E-state index in [-0.39, 0.29) is 25.0 Å². The van der Waals surface area contributed by atoms with Crippen molar-refractivity contribution in [1.82, 2.24) is 19.9 Å². The first-order valence-corrected chi connectivity index (χ1v) is 7.97. The molecule has 2 aromatic heterocycles. The average molecular weight is 338 g/mol.